The highest BCUT2D eigenvalue weighted by Crippen LogP contribution is 2.41. The van der Waals surface area contributed by atoms with E-state index in [0.29, 0.717) is 12.8 Å². The summed E-state index contributed by atoms with van der Waals surface area (Å²) in [5.74, 6) is -2.29. The van der Waals surface area contributed by atoms with Crippen molar-refractivity contribution in [2.45, 2.75) is 479 Å². The molecule has 8 heterocycles. The quantitative estimate of drug-likeness (QED) is 0.0201. The summed E-state index contributed by atoms with van der Waals surface area (Å²) in [4.78, 5) is 40.8. The van der Waals surface area contributed by atoms with Crippen LogP contribution >= 0.6 is 0 Å². The molecule has 0 aromatic rings. The monoisotopic (exact) mass is 1910 g/mol. The summed E-state index contributed by atoms with van der Waals surface area (Å²) >= 11 is 0. The predicted molar refractivity (Wildman–Crippen MR) is 456 cm³/mol. The molecule has 8 aliphatic heterocycles. The Morgan fingerprint density at radius 1 is 0.311 bits per heavy atom. The second-order valence-electron chi connectivity index (χ2n) is 36.2. The number of aliphatic hydroxyl groups excluding tert-OH is 22. The molecule has 44 heteroatoms. The van der Waals surface area contributed by atoms with E-state index >= 15 is 0 Å². The van der Waals surface area contributed by atoms with Gasteiger partial charge in [0, 0.05) is 20.3 Å². The summed E-state index contributed by atoms with van der Waals surface area (Å²) in [5.41, 5.74) is 0. The summed E-state index contributed by atoms with van der Waals surface area (Å²) in [7, 11) is 0. The molecule has 44 nitrogen and oxygen atoms in total. The number of ether oxygens (including phenoxy) is 16. The number of rotatable bonds is 56. The van der Waals surface area contributed by atoms with Gasteiger partial charge in [-0.15, -0.1) is 0 Å². The lowest BCUT2D eigenvalue weighted by Crippen LogP contribution is -2.72. The molecule has 42 atom stereocenters. The van der Waals surface area contributed by atoms with E-state index in [1.54, 1.807) is 6.08 Å². The molecule has 8 saturated heterocycles. The fourth-order valence-corrected chi connectivity index (χ4v) is 17.9. The zero-order valence-electron chi connectivity index (χ0n) is 76.7. The molecule has 8 fully saturated rings. The molecule has 16 unspecified atom stereocenters. The molecule has 8 aliphatic rings. The first-order valence-electron chi connectivity index (χ1n) is 47.7. The number of hydrogen-bond donors (Lipinski definition) is 25. The van der Waals surface area contributed by atoms with Crippen molar-refractivity contribution in [3.63, 3.8) is 0 Å². The molecule has 0 spiro atoms. The second-order valence-corrected chi connectivity index (χ2v) is 36.2. The van der Waals surface area contributed by atoms with Crippen molar-refractivity contribution in [1.82, 2.24) is 16.0 Å². The third kappa shape index (κ3) is 32.1. The minimum absolute atomic E-state index is 0.142. The largest absolute Gasteiger partial charge is 0.394 e. The Bertz CT molecular complexity index is 3230. The molecular weight excluding hydrogens is 1750 g/mol. The highest BCUT2D eigenvalue weighted by atomic mass is 16.8. The fourth-order valence-electron chi connectivity index (χ4n) is 17.9. The van der Waals surface area contributed by atoms with Gasteiger partial charge < -0.3 is 204 Å². The van der Waals surface area contributed by atoms with Crippen molar-refractivity contribution < 1.29 is 203 Å². The highest BCUT2D eigenvalue weighted by molar-refractivity contribution is 5.76. The van der Waals surface area contributed by atoms with Crippen LogP contribution in [0.3, 0.4) is 0 Å². The van der Waals surface area contributed by atoms with Crippen LogP contribution < -0.4 is 16.0 Å². The minimum Gasteiger partial charge on any atom is -0.394 e. The van der Waals surface area contributed by atoms with Crippen molar-refractivity contribution in [2.75, 3.05) is 46.2 Å². The average molecular weight is 1910 g/mol. The van der Waals surface area contributed by atoms with Gasteiger partial charge in [-0.2, -0.15) is 0 Å². The van der Waals surface area contributed by atoms with Crippen molar-refractivity contribution in [2.24, 2.45) is 0 Å². The van der Waals surface area contributed by atoms with Gasteiger partial charge in [-0.25, -0.2) is 0 Å². The number of aliphatic hydroxyl groups is 22. The van der Waals surface area contributed by atoms with Crippen LogP contribution in [-0.2, 0) is 90.2 Å². The summed E-state index contributed by atoms with van der Waals surface area (Å²) in [5, 5.41) is 257. The van der Waals surface area contributed by atoms with Gasteiger partial charge in [-0.3, -0.25) is 14.4 Å². The van der Waals surface area contributed by atoms with Crippen molar-refractivity contribution >= 4 is 17.7 Å². The first-order chi connectivity index (χ1) is 63.2. The first kappa shape index (κ1) is 114. The Kier molecular flexibility index (Phi) is 50.2. The van der Waals surface area contributed by atoms with Crippen molar-refractivity contribution in [3.8, 4) is 0 Å². The molecular formula is C88H157N3O41. The van der Waals surface area contributed by atoms with Crippen LogP contribution in [0.25, 0.3) is 0 Å². The summed E-state index contributed by atoms with van der Waals surface area (Å²) in [6.07, 6.45) is -43.7. The smallest absolute Gasteiger partial charge is 0.220 e. The maximum absolute atomic E-state index is 13.7. The van der Waals surface area contributed by atoms with Gasteiger partial charge in [0.2, 0.25) is 17.7 Å². The van der Waals surface area contributed by atoms with Crippen molar-refractivity contribution in [1.29, 1.82) is 0 Å². The van der Waals surface area contributed by atoms with Crippen LogP contribution in [-0.4, -0.2) is 434 Å². The standard InChI is InChI=1S/C88H157N3O41/c1-7-9-11-13-15-17-19-21-22-24-26-28-30-32-34-36-56(101)91-48(49(100)35-33-31-29-27-25-23-20-18-16-14-12-10-8-2)43-117-83-71(114)67(110)74(53(40-95)125-83)126-87-72(115)79(62(105)51(38-93)121-87)131-82-58(90-47(6)99)78(130-85-69(112)65(108)60(103)45(4)119-85)76(55(42-97)124-82)128-88-73(116)80(63(106)52(39-94)122-88)132-81-57(89-46(5)98)77(129-84-68(111)64(107)59(102)44(3)118-84)75(54(41-96)123-81)127-86-70(113)66(109)61(104)50(37-92)120-86/h33,35,44-45,48-55,57-88,92-97,100,102-116H,7-32,34,36-43H2,1-6H3,(H,89,98)(H,90,99)(H,91,101)/b35-33+/t44?,45?,48-,49+,50?,51?,52?,53?,54?,55?,57?,58?,59+,60+,61-,62-,63-,64?,65?,66-,67+,68-,69-,70?,71?,72?,73?,74+,75+,76+,77+,78+,79-,80-,81-,82-,83+,84+,85+,86-,87-,88-/m0/s1. The molecule has 132 heavy (non-hydrogen) atoms. The molecule has 3 amide bonds. The molecule has 8 rings (SSSR count). The Labute approximate surface area is 770 Å². The van der Waals surface area contributed by atoms with Crippen LogP contribution in [0.15, 0.2) is 12.2 Å². The Balaban J connectivity index is 1.00. The normalized spacial score (nSPS) is 40.4. The molecule has 0 aliphatic carbocycles. The molecule has 0 aromatic carbocycles. The minimum atomic E-state index is -2.45. The lowest BCUT2D eigenvalue weighted by Gasteiger charge is -2.52. The number of hydrogen-bond acceptors (Lipinski definition) is 41. The number of amides is 3. The van der Waals surface area contributed by atoms with Gasteiger partial charge in [0.15, 0.2) is 50.3 Å². The van der Waals surface area contributed by atoms with Crippen LogP contribution in [0.4, 0.5) is 0 Å². The Morgan fingerprint density at radius 2 is 0.606 bits per heavy atom. The number of carbonyl (C=O) groups excluding carboxylic acids is 3. The van der Waals surface area contributed by atoms with Gasteiger partial charge in [-0.05, 0) is 33.1 Å². The van der Waals surface area contributed by atoms with Gasteiger partial charge >= 0.3 is 0 Å². The number of carbonyl (C=O) groups is 3. The zero-order valence-corrected chi connectivity index (χ0v) is 76.7. The van der Waals surface area contributed by atoms with E-state index in [9.17, 15) is 127 Å². The van der Waals surface area contributed by atoms with Gasteiger partial charge in [0.1, 0.15) is 183 Å². The van der Waals surface area contributed by atoms with Crippen LogP contribution in [0.2, 0.25) is 0 Å². The predicted octanol–water partition coefficient (Wildman–Crippen LogP) is -4.72. The third-order valence-electron chi connectivity index (χ3n) is 25.9. The average Bonchev–Trinajstić information content (AvgIpc) is 0.757. The van der Waals surface area contributed by atoms with Crippen LogP contribution in [0.1, 0.15) is 221 Å². The van der Waals surface area contributed by atoms with E-state index in [1.165, 1.54) is 117 Å². The molecule has 770 valence electrons. The summed E-state index contributed by atoms with van der Waals surface area (Å²) < 4.78 is 97.7. The molecule has 25 N–H and O–H groups in total. The summed E-state index contributed by atoms with van der Waals surface area (Å²) in [6.45, 7) is 1.78. The van der Waals surface area contributed by atoms with E-state index in [2.05, 4.69) is 29.8 Å². The maximum Gasteiger partial charge on any atom is 0.220 e. The molecule has 0 radical (unpaired) electrons. The van der Waals surface area contributed by atoms with Crippen molar-refractivity contribution in [3.05, 3.63) is 12.2 Å². The summed E-state index contributed by atoms with van der Waals surface area (Å²) in [6, 6.07) is -5.07. The molecule has 0 aromatic heterocycles. The SMILES string of the molecule is CCCCCCCCCCCCC/C=C/[C@@H](O)[C@H](CO[C@@H]1OC(CO)[C@@H](O[C@@H]2OC(CO)[C@H](O)[C@H](O[C@@H]3OC(CO)[C@@H](O[C@@H]4OC(CO)[C@H](O)[C@H](O[C@@H]5OC(CO)[C@@H](O[C@@H]6OC(CO)[C@H](O)[C@H](O)C6O)[C@H](O[C@H]6OC(C)[C@@H](O)C(O)[C@@H]6O)C5NC(C)=O)C4O)[C@H](O[C@H]4OC(C)[C@@H](O)C(O)[C@@H]4O)C3NC(C)=O)C2O)[C@H](O)C1O)NC(=O)CCCCCCCCCCCCCCCCC. The second kappa shape index (κ2) is 58.1. The van der Waals surface area contributed by atoms with E-state index in [-0.39, 0.29) is 12.3 Å². The van der Waals surface area contributed by atoms with E-state index in [1.807, 2.05) is 6.08 Å². The number of allylic oxidation sites excluding steroid dienone is 1. The van der Waals surface area contributed by atoms with E-state index < -0.39 is 316 Å². The lowest BCUT2D eigenvalue weighted by molar-refractivity contribution is -0.400. The van der Waals surface area contributed by atoms with E-state index in [0.717, 1.165) is 71.6 Å². The Morgan fingerprint density at radius 3 is 0.985 bits per heavy atom. The lowest BCUT2D eigenvalue weighted by atomic mass is 9.93. The first-order valence-corrected chi connectivity index (χ1v) is 47.7. The third-order valence-corrected chi connectivity index (χ3v) is 25.9. The van der Waals surface area contributed by atoms with Gasteiger partial charge in [-0.1, -0.05) is 180 Å². The maximum atomic E-state index is 13.7. The molecule has 0 saturated carbocycles. The topological polar surface area (TPSA) is 680 Å². The Hall–Kier alpha value is -3.37. The molecule has 0 bridgehead atoms. The van der Waals surface area contributed by atoms with Gasteiger partial charge in [0.05, 0.1) is 70.6 Å². The van der Waals surface area contributed by atoms with E-state index in [4.69, 9.17) is 75.8 Å². The highest BCUT2D eigenvalue weighted by Gasteiger charge is 2.61. The van der Waals surface area contributed by atoms with Crippen LogP contribution in [0, 0.1) is 0 Å². The van der Waals surface area contributed by atoms with Gasteiger partial charge in [0.25, 0.3) is 0 Å². The number of unbranched alkanes of at least 4 members (excludes halogenated alkanes) is 25. The number of nitrogens with one attached hydrogen (secondary N) is 3. The van der Waals surface area contributed by atoms with Crippen LogP contribution in [0.5, 0.6) is 0 Å². The zero-order chi connectivity index (χ0) is 96.6. The fraction of sp³-hybridized carbons (Fsp3) is 0.943.